The second-order valence-corrected chi connectivity index (χ2v) is 5.28. The predicted molar refractivity (Wildman–Crippen MR) is 69.2 cm³/mol. The number of hydrogen-bond donors (Lipinski definition) is 1. The topological polar surface area (TPSA) is 52.3 Å². The fraction of sp³-hybridized carbons (Fsp3) is 0.500. The third kappa shape index (κ3) is 5.00. The molecule has 0 aliphatic heterocycles. The molecule has 3 heteroatoms. The highest BCUT2D eigenvalue weighted by molar-refractivity contribution is 5.81. The van der Waals surface area contributed by atoms with Crippen molar-refractivity contribution in [2.24, 2.45) is 5.73 Å². The van der Waals surface area contributed by atoms with E-state index in [2.05, 4.69) is 0 Å². The molecule has 0 fully saturated rings. The zero-order valence-electron chi connectivity index (χ0n) is 11.0. The molecule has 0 amide bonds. The van der Waals surface area contributed by atoms with Crippen LogP contribution in [-0.2, 0) is 11.2 Å². The normalized spacial score (nSPS) is 13.2. The van der Waals surface area contributed by atoms with Gasteiger partial charge in [0.25, 0.3) is 0 Å². The van der Waals surface area contributed by atoms with Crippen molar-refractivity contribution in [1.29, 1.82) is 0 Å². The fourth-order valence-electron chi connectivity index (χ4n) is 1.44. The minimum Gasteiger partial charge on any atom is -0.488 e. The summed E-state index contributed by atoms with van der Waals surface area (Å²) in [5.41, 5.74) is 6.56. The Hall–Kier alpha value is -1.35. The van der Waals surface area contributed by atoms with Crippen LogP contribution >= 0.6 is 0 Å². The van der Waals surface area contributed by atoms with Crippen molar-refractivity contribution < 1.29 is 9.53 Å². The number of benzene rings is 1. The van der Waals surface area contributed by atoms with E-state index in [1.165, 1.54) is 6.92 Å². The largest absolute Gasteiger partial charge is 0.488 e. The highest BCUT2D eigenvalue weighted by Crippen LogP contribution is 2.18. The molecule has 1 unspecified atom stereocenters. The standard InChI is InChI=1S/C14H21NO2/c1-10(16)13(15)9-11-5-7-12(8-6-11)17-14(2,3)4/h5-8,13H,9,15H2,1-4H3. The summed E-state index contributed by atoms with van der Waals surface area (Å²) in [6, 6.07) is 7.30. The van der Waals surface area contributed by atoms with Gasteiger partial charge in [0.1, 0.15) is 17.1 Å². The molecule has 1 atom stereocenters. The Morgan fingerprint density at radius 2 is 1.82 bits per heavy atom. The van der Waals surface area contributed by atoms with Gasteiger partial charge in [0.15, 0.2) is 0 Å². The number of ether oxygens (including phenoxy) is 1. The van der Waals surface area contributed by atoms with Gasteiger partial charge < -0.3 is 10.5 Å². The van der Waals surface area contributed by atoms with Crippen LogP contribution in [0.3, 0.4) is 0 Å². The van der Waals surface area contributed by atoms with E-state index in [-0.39, 0.29) is 11.4 Å². The van der Waals surface area contributed by atoms with Crippen molar-refractivity contribution >= 4 is 5.78 Å². The molecule has 0 aliphatic rings. The summed E-state index contributed by atoms with van der Waals surface area (Å²) >= 11 is 0. The summed E-state index contributed by atoms with van der Waals surface area (Å²) in [6.07, 6.45) is 0.575. The highest BCUT2D eigenvalue weighted by atomic mass is 16.5. The van der Waals surface area contributed by atoms with E-state index in [0.717, 1.165) is 11.3 Å². The molecule has 0 bridgehead atoms. The third-order valence-corrected chi connectivity index (χ3v) is 2.33. The summed E-state index contributed by atoms with van der Waals surface area (Å²) < 4.78 is 5.71. The lowest BCUT2D eigenvalue weighted by molar-refractivity contribution is -0.118. The Bertz CT molecular complexity index is 376. The summed E-state index contributed by atoms with van der Waals surface area (Å²) in [5.74, 6) is 0.845. The molecule has 0 aliphatic carbocycles. The van der Waals surface area contributed by atoms with E-state index in [0.29, 0.717) is 6.42 Å². The van der Waals surface area contributed by atoms with E-state index >= 15 is 0 Å². The summed E-state index contributed by atoms with van der Waals surface area (Å²) in [5, 5.41) is 0. The number of carbonyl (C=O) groups is 1. The average Bonchev–Trinajstić information content (AvgIpc) is 2.18. The van der Waals surface area contributed by atoms with E-state index in [1.807, 2.05) is 45.0 Å². The average molecular weight is 235 g/mol. The second kappa shape index (κ2) is 5.32. The quantitative estimate of drug-likeness (QED) is 0.871. The third-order valence-electron chi connectivity index (χ3n) is 2.33. The van der Waals surface area contributed by atoms with Crippen molar-refractivity contribution in [3.63, 3.8) is 0 Å². The first-order valence-electron chi connectivity index (χ1n) is 5.82. The van der Waals surface area contributed by atoms with Gasteiger partial charge in [-0.15, -0.1) is 0 Å². The molecular formula is C14H21NO2. The van der Waals surface area contributed by atoms with E-state index in [4.69, 9.17) is 10.5 Å². The van der Waals surface area contributed by atoms with Gasteiger partial charge in [-0.05, 0) is 51.8 Å². The second-order valence-electron chi connectivity index (χ2n) is 5.28. The molecule has 2 N–H and O–H groups in total. The van der Waals surface area contributed by atoms with Crippen molar-refractivity contribution in [3.05, 3.63) is 29.8 Å². The SMILES string of the molecule is CC(=O)C(N)Cc1ccc(OC(C)(C)C)cc1. The van der Waals surface area contributed by atoms with E-state index < -0.39 is 6.04 Å². The molecule has 94 valence electrons. The molecule has 0 saturated heterocycles. The lowest BCUT2D eigenvalue weighted by Crippen LogP contribution is -2.30. The van der Waals surface area contributed by atoms with Crippen LogP contribution in [0.25, 0.3) is 0 Å². The van der Waals surface area contributed by atoms with Gasteiger partial charge in [0.2, 0.25) is 0 Å². The monoisotopic (exact) mass is 235 g/mol. The summed E-state index contributed by atoms with van der Waals surface area (Å²) in [7, 11) is 0. The first-order chi connectivity index (χ1) is 7.78. The smallest absolute Gasteiger partial charge is 0.146 e. The lowest BCUT2D eigenvalue weighted by Gasteiger charge is -2.21. The van der Waals surface area contributed by atoms with Gasteiger partial charge in [0, 0.05) is 0 Å². The molecule has 17 heavy (non-hydrogen) atoms. The number of rotatable bonds is 4. The molecule has 0 radical (unpaired) electrons. The van der Waals surface area contributed by atoms with Crippen LogP contribution in [0.2, 0.25) is 0 Å². The van der Waals surface area contributed by atoms with Gasteiger partial charge >= 0.3 is 0 Å². The van der Waals surface area contributed by atoms with Crippen LogP contribution in [0.15, 0.2) is 24.3 Å². The van der Waals surface area contributed by atoms with Crippen molar-refractivity contribution in [2.45, 2.75) is 45.8 Å². The number of Topliss-reactive ketones (excluding diaryl/α,β-unsaturated/α-hetero) is 1. The molecule has 0 saturated carbocycles. The van der Waals surface area contributed by atoms with Crippen LogP contribution in [0.4, 0.5) is 0 Å². The molecule has 0 spiro atoms. The van der Waals surface area contributed by atoms with Crippen LogP contribution in [0.1, 0.15) is 33.3 Å². The van der Waals surface area contributed by atoms with Gasteiger partial charge in [-0.3, -0.25) is 4.79 Å². The van der Waals surface area contributed by atoms with Crippen molar-refractivity contribution in [2.75, 3.05) is 0 Å². The van der Waals surface area contributed by atoms with E-state index in [1.54, 1.807) is 0 Å². The minimum absolute atomic E-state index is 0.0139. The first kappa shape index (κ1) is 13.7. The predicted octanol–water partition coefficient (Wildman–Crippen LogP) is 2.32. The number of nitrogens with two attached hydrogens (primary N) is 1. The summed E-state index contributed by atoms with van der Waals surface area (Å²) in [6.45, 7) is 7.54. The Labute approximate surface area is 103 Å². The van der Waals surface area contributed by atoms with Gasteiger partial charge in [-0.25, -0.2) is 0 Å². The van der Waals surface area contributed by atoms with Crippen LogP contribution in [0.5, 0.6) is 5.75 Å². The highest BCUT2D eigenvalue weighted by Gasteiger charge is 2.12. The maximum atomic E-state index is 11.1. The molecule has 1 aromatic rings. The Morgan fingerprint density at radius 1 is 1.29 bits per heavy atom. The Kier molecular flexibility index (Phi) is 4.29. The maximum Gasteiger partial charge on any atom is 0.146 e. The number of hydrogen-bond acceptors (Lipinski definition) is 3. The Morgan fingerprint density at radius 3 is 2.24 bits per heavy atom. The zero-order chi connectivity index (χ0) is 13.1. The van der Waals surface area contributed by atoms with Crippen LogP contribution in [-0.4, -0.2) is 17.4 Å². The molecular weight excluding hydrogens is 214 g/mol. The molecule has 0 heterocycles. The van der Waals surface area contributed by atoms with Crippen LogP contribution < -0.4 is 10.5 Å². The lowest BCUT2D eigenvalue weighted by atomic mass is 10.0. The molecule has 0 aromatic heterocycles. The van der Waals surface area contributed by atoms with Crippen molar-refractivity contribution in [3.8, 4) is 5.75 Å². The van der Waals surface area contributed by atoms with E-state index in [9.17, 15) is 4.79 Å². The Balaban J connectivity index is 2.65. The van der Waals surface area contributed by atoms with Gasteiger partial charge in [-0.2, -0.15) is 0 Å². The summed E-state index contributed by atoms with van der Waals surface area (Å²) in [4.78, 5) is 11.1. The fourth-order valence-corrected chi connectivity index (χ4v) is 1.44. The first-order valence-corrected chi connectivity index (χ1v) is 5.82. The van der Waals surface area contributed by atoms with Gasteiger partial charge in [-0.1, -0.05) is 12.1 Å². The number of carbonyl (C=O) groups excluding carboxylic acids is 1. The van der Waals surface area contributed by atoms with Crippen LogP contribution in [0, 0.1) is 0 Å². The maximum absolute atomic E-state index is 11.1. The molecule has 1 rings (SSSR count). The number of ketones is 1. The van der Waals surface area contributed by atoms with Gasteiger partial charge in [0.05, 0.1) is 6.04 Å². The molecule has 1 aromatic carbocycles. The van der Waals surface area contributed by atoms with Crippen molar-refractivity contribution in [1.82, 2.24) is 0 Å². The minimum atomic E-state index is -0.413. The zero-order valence-corrected chi connectivity index (χ0v) is 11.0. The molecule has 3 nitrogen and oxygen atoms in total.